The summed E-state index contributed by atoms with van der Waals surface area (Å²) >= 11 is 0. The summed E-state index contributed by atoms with van der Waals surface area (Å²) in [5.41, 5.74) is 0. The quantitative estimate of drug-likeness (QED) is 0.583. The van der Waals surface area contributed by atoms with Gasteiger partial charge in [-0.2, -0.15) is 0 Å². The maximum Gasteiger partial charge on any atom is 0.143 e. The molecule has 0 atom stereocenters. The maximum absolute atomic E-state index is 8.65. The van der Waals surface area contributed by atoms with E-state index < -0.39 is 8.07 Å². The lowest BCUT2D eigenvalue weighted by Gasteiger charge is -2.29. The molecule has 15 heavy (non-hydrogen) atoms. The Balaban J connectivity index is 2.15. The lowest BCUT2D eigenvalue weighted by atomic mass is 9.95. The van der Waals surface area contributed by atoms with Crippen LogP contribution in [-0.4, -0.2) is 38.4 Å². The highest BCUT2D eigenvalue weighted by Gasteiger charge is 2.23. The van der Waals surface area contributed by atoms with E-state index in [2.05, 4.69) is 19.6 Å². The van der Waals surface area contributed by atoms with Crippen molar-refractivity contribution in [2.24, 2.45) is 0 Å². The maximum atomic E-state index is 8.65. The average Bonchev–Trinajstić information content (AvgIpc) is 2.16. The molecule has 0 radical (unpaired) electrons. The number of ether oxygens (including phenoxy) is 2. The molecular weight excluding hydrogens is 208 g/mol. The third kappa shape index (κ3) is 5.66. The Hall–Kier alpha value is 0.0969. The molecule has 0 aromatic heterocycles. The second kappa shape index (κ2) is 5.99. The van der Waals surface area contributed by atoms with Crippen LogP contribution < -0.4 is 0 Å². The van der Waals surface area contributed by atoms with Crippen molar-refractivity contribution in [3.8, 4) is 0 Å². The van der Waals surface area contributed by atoms with E-state index in [-0.39, 0.29) is 12.9 Å². The van der Waals surface area contributed by atoms with Gasteiger partial charge in [0.25, 0.3) is 0 Å². The second-order valence-corrected chi connectivity index (χ2v) is 11.0. The van der Waals surface area contributed by atoms with Gasteiger partial charge in [0.05, 0.1) is 20.3 Å². The number of aliphatic hydroxyl groups is 1. The summed E-state index contributed by atoms with van der Waals surface area (Å²) in [7, 11) is -1.07. The molecule has 1 rings (SSSR count). The van der Waals surface area contributed by atoms with Crippen LogP contribution in [0.3, 0.4) is 0 Å². The molecule has 0 spiro atoms. The second-order valence-electron chi connectivity index (χ2n) is 5.57. The van der Waals surface area contributed by atoms with Gasteiger partial charge in [-0.15, -0.1) is 0 Å². The zero-order valence-corrected chi connectivity index (χ0v) is 11.2. The number of aliphatic hydroxyl groups excluding tert-OH is 1. The van der Waals surface area contributed by atoms with Crippen LogP contribution >= 0.6 is 0 Å². The Labute approximate surface area is 93.8 Å². The van der Waals surface area contributed by atoms with Crippen molar-refractivity contribution in [3.05, 3.63) is 0 Å². The first-order valence-electron chi connectivity index (χ1n) is 5.85. The average molecular weight is 232 g/mol. The van der Waals surface area contributed by atoms with Crippen LogP contribution in [0.2, 0.25) is 19.6 Å². The summed E-state index contributed by atoms with van der Waals surface area (Å²) in [4.78, 5) is 0. The Morgan fingerprint density at radius 2 is 1.47 bits per heavy atom. The zero-order valence-electron chi connectivity index (χ0n) is 10.2. The van der Waals surface area contributed by atoms with Crippen molar-refractivity contribution in [1.82, 2.24) is 0 Å². The normalized spacial score (nSPS) is 28.0. The molecule has 0 bridgehead atoms. The van der Waals surface area contributed by atoms with E-state index in [1.165, 1.54) is 0 Å². The predicted molar refractivity (Wildman–Crippen MR) is 63.5 cm³/mol. The Bertz CT molecular complexity index is 171. The van der Waals surface area contributed by atoms with Gasteiger partial charge in [0.2, 0.25) is 0 Å². The number of hydrogen-bond acceptors (Lipinski definition) is 3. The molecule has 0 saturated heterocycles. The zero-order chi connectivity index (χ0) is 11.3. The van der Waals surface area contributed by atoms with E-state index in [0.29, 0.717) is 6.10 Å². The molecule has 0 amide bonds. The molecule has 0 aliphatic heterocycles. The molecule has 0 heterocycles. The number of rotatable bonds is 5. The van der Waals surface area contributed by atoms with Gasteiger partial charge in [-0.25, -0.2) is 0 Å². The van der Waals surface area contributed by atoms with Crippen molar-refractivity contribution >= 4 is 8.07 Å². The summed E-state index contributed by atoms with van der Waals surface area (Å²) < 4.78 is 11.1. The largest absolute Gasteiger partial charge is 0.382 e. The fourth-order valence-corrected chi connectivity index (χ4v) is 2.57. The first-order chi connectivity index (χ1) is 7.01. The fraction of sp³-hybridized carbons (Fsp3) is 1.00. The minimum absolute atomic E-state index is 0.148. The van der Waals surface area contributed by atoms with Crippen LogP contribution in [0.5, 0.6) is 0 Å². The molecule has 0 aromatic carbocycles. The molecular formula is C11H24O3Si. The van der Waals surface area contributed by atoms with Crippen molar-refractivity contribution in [2.45, 2.75) is 57.5 Å². The fourth-order valence-electron chi connectivity index (χ4n) is 1.84. The minimum Gasteiger partial charge on any atom is -0.382 e. The molecule has 1 aliphatic carbocycles. The monoisotopic (exact) mass is 232 g/mol. The summed E-state index contributed by atoms with van der Waals surface area (Å²) in [6.45, 7) is 6.83. The third-order valence-electron chi connectivity index (χ3n) is 2.68. The van der Waals surface area contributed by atoms with E-state index in [0.717, 1.165) is 31.9 Å². The summed E-state index contributed by atoms with van der Waals surface area (Å²) in [6, 6.07) is 0. The smallest absolute Gasteiger partial charge is 0.143 e. The van der Waals surface area contributed by atoms with Gasteiger partial charge in [0.15, 0.2) is 0 Å². The van der Waals surface area contributed by atoms with Crippen LogP contribution in [-0.2, 0) is 9.47 Å². The van der Waals surface area contributed by atoms with Crippen molar-refractivity contribution in [2.75, 3.05) is 13.0 Å². The standard InChI is InChI=1S/C11H24O3Si/c1-15(2,3)9-14-11-6-4-10(5-7-11)13-8-12/h10-12H,4-9H2,1-3H3. The molecule has 1 N–H and O–H groups in total. The molecule has 0 aromatic rings. The third-order valence-corrected chi connectivity index (χ3v) is 3.72. The highest BCUT2D eigenvalue weighted by atomic mass is 28.3. The minimum atomic E-state index is -1.07. The van der Waals surface area contributed by atoms with E-state index in [9.17, 15) is 0 Å². The van der Waals surface area contributed by atoms with Crippen molar-refractivity contribution < 1.29 is 14.6 Å². The summed E-state index contributed by atoms with van der Waals surface area (Å²) in [5.74, 6) is 0. The first kappa shape index (κ1) is 13.2. The first-order valence-corrected chi connectivity index (χ1v) is 9.56. The van der Waals surface area contributed by atoms with Gasteiger partial charge >= 0.3 is 0 Å². The van der Waals surface area contributed by atoms with Gasteiger partial charge in [-0.1, -0.05) is 19.6 Å². The Morgan fingerprint density at radius 3 is 1.87 bits per heavy atom. The van der Waals surface area contributed by atoms with Crippen LogP contribution in [0, 0.1) is 0 Å². The van der Waals surface area contributed by atoms with Crippen LogP contribution in [0.25, 0.3) is 0 Å². The van der Waals surface area contributed by atoms with Crippen molar-refractivity contribution in [3.63, 3.8) is 0 Å². The van der Waals surface area contributed by atoms with E-state index in [4.69, 9.17) is 14.6 Å². The van der Waals surface area contributed by atoms with Gasteiger partial charge in [0.1, 0.15) is 6.79 Å². The lowest BCUT2D eigenvalue weighted by Crippen LogP contribution is -2.34. The van der Waals surface area contributed by atoms with Crippen molar-refractivity contribution in [1.29, 1.82) is 0 Å². The van der Waals surface area contributed by atoms with Crippen LogP contribution in [0.15, 0.2) is 0 Å². The van der Waals surface area contributed by atoms with Gasteiger partial charge in [-0.05, 0) is 25.7 Å². The van der Waals surface area contributed by atoms with Gasteiger partial charge < -0.3 is 14.6 Å². The van der Waals surface area contributed by atoms with Crippen LogP contribution in [0.1, 0.15) is 25.7 Å². The highest BCUT2D eigenvalue weighted by Crippen LogP contribution is 2.23. The van der Waals surface area contributed by atoms with E-state index in [1.54, 1.807) is 0 Å². The van der Waals surface area contributed by atoms with Gasteiger partial charge in [0, 0.05) is 6.23 Å². The SMILES string of the molecule is C[Si](C)(C)COC1CCC(OCO)CC1. The molecule has 0 unspecified atom stereocenters. The Kier molecular flexibility index (Phi) is 5.25. The number of hydrogen-bond donors (Lipinski definition) is 1. The Morgan fingerprint density at radius 1 is 1.00 bits per heavy atom. The topological polar surface area (TPSA) is 38.7 Å². The summed E-state index contributed by atoms with van der Waals surface area (Å²) in [5, 5.41) is 8.65. The van der Waals surface area contributed by atoms with Gasteiger partial charge in [-0.3, -0.25) is 0 Å². The van der Waals surface area contributed by atoms with Crippen LogP contribution in [0.4, 0.5) is 0 Å². The summed E-state index contributed by atoms with van der Waals surface area (Å²) in [6.07, 6.45) is 5.85. The highest BCUT2D eigenvalue weighted by molar-refractivity contribution is 6.76. The molecule has 4 heteroatoms. The molecule has 1 fully saturated rings. The van der Waals surface area contributed by atoms with E-state index in [1.807, 2.05) is 0 Å². The molecule has 1 aliphatic rings. The lowest BCUT2D eigenvalue weighted by molar-refractivity contribution is -0.0798. The molecule has 90 valence electrons. The molecule has 1 saturated carbocycles. The predicted octanol–water partition coefficient (Wildman–Crippen LogP) is 2.16. The van der Waals surface area contributed by atoms with E-state index >= 15 is 0 Å². The molecule has 3 nitrogen and oxygen atoms in total.